The number of hydrogen-bond acceptors (Lipinski definition) is 7. The molecule has 5 rings (SSSR count). The van der Waals surface area contributed by atoms with Gasteiger partial charge in [0.25, 0.3) is 0 Å². The molecule has 1 aromatic carbocycles. The van der Waals surface area contributed by atoms with E-state index in [2.05, 4.69) is 33.3 Å². The van der Waals surface area contributed by atoms with E-state index in [1.807, 2.05) is 29.1 Å². The molecule has 8 nitrogen and oxygen atoms in total. The SMILES string of the molecule is CC1CCC(Nc2nccc(-n3ncc4c(N5CCC(S(C)(=O)=O)CC5)cccc43)n2)CC1. The summed E-state index contributed by atoms with van der Waals surface area (Å²) in [5.74, 6) is 2.19. The fourth-order valence-electron chi connectivity index (χ4n) is 5.14. The van der Waals surface area contributed by atoms with Gasteiger partial charge in [0.2, 0.25) is 5.95 Å². The number of aromatic nitrogens is 4. The Morgan fingerprint density at radius 1 is 1.03 bits per heavy atom. The van der Waals surface area contributed by atoms with Crippen molar-refractivity contribution in [1.82, 2.24) is 19.7 Å². The molecule has 3 aromatic rings. The largest absolute Gasteiger partial charge is 0.371 e. The Kier molecular flexibility index (Phi) is 5.99. The fraction of sp³-hybridized carbons (Fsp3) is 0.542. The molecule has 1 aliphatic carbocycles. The van der Waals surface area contributed by atoms with Crippen molar-refractivity contribution in [3.8, 4) is 5.82 Å². The Morgan fingerprint density at radius 3 is 2.52 bits per heavy atom. The minimum atomic E-state index is -2.99. The van der Waals surface area contributed by atoms with Crippen LogP contribution in [-0.4, -0.2) is 58.8 Å². The molecule has 1 saturated heterocycles. The topological polar surface area (TPSA) is 93.0 Å². The van der Waals surface area contributed by atoms with Crippen molar-refractivity contribution in [2.45, 2.75) is 56.7 Å². The molecule has 1 aliphatic heterocycles. The van der Waals surface area contributed by atoms with Crippen LogP contribution in [0.25, 0.3) is 16.7 Å². The van der Waals surface area contributed by atoms with E-state index in [4.69, 9.17) is 4.98 Å². The summed E-state index contributed by atoms with van der Waals surface area (Å²) in [6.07, 6.45) is 11.1. The molecule has 1 saturated carbocycles. The molecular formula is C24H32N6O2S. The van der Waals surface area contributed by atoms with Gasteiger partial charge in [0, 0.05) is 48.7 Å². The van der Waals surface area contributed by atoms with Gasteiger partial charge in [-0.25, -0.2) is 18.1 Å². The van der Waals surface area contributed by atoms with Crippen molar-refractivity contribution in [3.63, 3.8) is 0 Å². The molecule has 0 atom stereocenters. The molecule has 176 valence electrons. The predicted molar refractivity (Wildman–Crippen MR) is 132 cm³/mol. The Labute approximate surface area is 195 Å². The molecule has 1 N–H and O–H groups in total. The van der Waals surface area contributed by atoms with Crippen molar-refractivity contribution in [3.05, 3.63) is 36.7 Å². The van der Waals surface area contributed by atoms with E-state index in [0.717, 1.165) is 54.3 Å². The lowest BCUT2D eigenvalue weighted by Gasteiger charge is -2.33. The summed E-state index contributed by atoms with van der Waals surface area (Å²) in [5, 5.41) is 8.96. The molecule has 0 amide bonds. The van der Waals surface area contributed by atoms with Crippen LogP contribution in [0.15, 0.2) is 36.7 Å². The monoisotopic (exact) mass is 468 g/mol. The third-order valence-corrected chi connectivity index (χ3v) is 8.87. The lowest BCUT2D eigenvalue weighted by Crippen LogP contribution is -2.39. The molecule has 2 fully saturated rings. The van der Waals surface area contributed by atoms with Crippen molar-refractivity contribution in [2.75, 3.05) is 29.6 Å². The Hall–Kier alpha value is -2.68. The lowest BCUT2D eigenvalue weighted by atomic mass is 9.87. The smallest absolute Gasteiger partial charge is 0.224 e. The van der Waals surface area contributed by atoms with Gasteiger partial charge >= 0.3 is 0 Å². The predicted octanol–water partition coefficient (Wildman–Crippen LogP) is 3.82. The van der Waals surface area contributed by atoms with Crippen molar-refractivity contribution in [1.29, 1.82) is 0 Å². The summed E-state index contributed by atoms with van der Waals surface area (Å²) < 4.78 is 25.7. The van der Waals surface area contributed by atoms with Gasteiger partial charge in [0.1, 0.15) is 9.84 Å². The van der Waals surface area contributed by atoms with Gasteiger partial charge in [-0.2, -0.15) is 10.1 Å². The van der Waals surface area contributed by atoms with Gasteiger partial charge in [-0.05, 0) is 56.6 Å². The molecule has 0 bridgehead atoms. The molecule has 0 unspecified atom stereocenters. The second kappa shape index (κ2) is 8.93. The first kappa shape index (κ1) is 22.1. The third kappa shape index (κ3) is 4.69. The number of fused-ring (bicyclic) bond motifs is 1. The quantitative estimate of drug-likeness (QED) is 0.608. The number of sulfone groups is 1. The summed E-state index contributed by atoms with van der Waals surface area (Å²) in [6.45, 7) is 3.77. The van der Waals surface area contributed by atoms with E-state index in [-0.39, 0.29) is 5.25 Å². The van der Waals surface area contributed by atoms with Crippen LogP contribution in [-0.2, 0) is 9.84 Å². The summed E-state index contributed by atoms with van der Waals surface area (Å²) in [7, 11) is -2.99. The average Bonchev–Trinajstić information content (AvgIpc) is 3.25. The van der Waals surface area contributed by atoms with Crippen molar-refractivity contribution >= 4 is 32.4 Å². The Morgan fingerprint density at radius 2 is 1.79 bits per heavy atom. The van der Waals surface area contributed by atoms with Gasteiger partial charge in [-0.15, -0.1) is 0 Å². The van der Waals surface area contributed by atoms with E-state index in [0.29, 0.717) is 24.8 Å². The number of benzene rings is 1. The molecule has 2 aliphatic rings. The highest BCUT2D eigenvalue weighted by molar-refractivity contribution is 7.91. The molecule has 33 heavy (non-hydrogen) atoms. The first-order valence-electron chi connectivity index (χ1n) is 11.9. The third-order valence-electron chi connectivity index (χ3n) is 7.19. The minimum absolute atomic E-state index is 0.241. The van der Waals surface area contributed by atoms with Crippen molar-refractivity contribution < 1.29 is 8.42 Å². The van der Waals surface area contributed by atoms with Crippen LogP contribution >= 0.6 is 0 Å². The normalized spacial score (nSPS) is 22.5. The number of hydrogen-bond donors (Lipinski definition) is 1. The summed E-state index contributed by atoms with van der Waals surface area (Å²) in [4.78, 5) is 11.5. The highest BCUT2D eigenvalue weighted by Gasteiger charge is 2.27. The molecule has 0 spiro atoms. The zero-order chi connectivity index (χ0) is 23.0. The molecule has 2 aromatic heterocycles. The molecule has 0 radical (unpaired) electrons. The highest BCUT2D eigenvalue weighted by Crippen LogP contribution is 2.31. The van der Waals surface area contributed by atoms with E-state index >= 15 is 0 Å². The van der Waals surface area contributed by atoms with E-state index in [1.165, 1.54) is 19.1 Å². The Bertz CT molecular complexity index is 1220. The van der Waals surface area contributed by atoms with Gasteiger partial charge < -0.3 is 10.2 Å². The van der Waals surface area contributed by atoms with Gasteiger partial charge in [-0.3, -0.25) is 0 Å². The molecular weight excluding hydrogens is 436 g/mol. The maximum atomic E-state index is 11.9. The number of piperidine rings is 1. The van der Waals surface area contributed by atoms with Crippen LogP contribution in [0.5, 0.6) is 0 Å². The summed E-state index contributed by atoms with van der Waals surface area (Å²) in [6, 6.07) is 8.47. The van der Waals surface area contributed by atoms with Gasteiger partial charge in [-0.1, -0.05) is 13.0 Å². The minimum Gasteiger partial charge on any atom is -0.371 e. The van der Waals surface area contributed by atoms with Crippen molar-refractivity contribution in [2.24, 2.45) is 5.92 Å². The van der Waals surface area contributed by atoms with E-state index < -0.39 is 9.84 Å². The number of nitrogens with zero attached hydrogens (tertiary/aromatic N) is 5. The van der Waals surface area contributed by atoms with Gasteiger partial charge in [0.05, 0.1) is 17.0 Å². The molecule has 3 heterocycles. The zero-order valence-corrected chi connectivity index (χ0v) is 20.1. The fourth-order valence-corrected chi connectivity index (χ4v) is 6.21. The number of nitrogens with one attached hydrogen (secondary N) is 1. The molecule has 9 heteroatoms. The average molecular weight is 469 g/mol. The van der Waals surface area contributed by atoms with E-state index in [9.17, 15) is 8.42 Å². The maximum absolute atomic E-state index is 11.9. The second-order valence-corrected chi connectivity index (χ2v) is 11.9. The number of anilines is 2. The van der Waals surface area contributed by atoms with Crippen LogP contribution in [0.4, 0.5) is 11.6 Å². The standard InChI is InChI=1S/C24H32N6O2S/c1-17-6-8-18(9-7-17)27-24-25-13-10-23(28-24)30-22-5-3-4-21(20(22)16-26-30)29-14-11-19(12-15-29)33(2,31)32/h3-5,10,13,16-19H,6-9,11-12,14-15H2,1-2H3,(H,25,27,28). The zero-order valence-electron chi connectivity index (χ0n) is 19.3. The first-order valence-corrected chi connectivity index (χ1v) is 13.8. The highest BCUT2D eigenvalue weighted by atomic mass is 32.2. The van der Waals surface area contributed by atoms with Gasteiger partial charge in [0.15, 0.2) is 5.82 Å². The van der Waals surface area contributed by atoms with Crippen LogP contribution in [0.1, 0.15) is 45.4 Å². The summed E-state index contributed by atoms with van der Waals surface area (Å²) in [5.41, 5.74) is 2.07. The lowest BCUT2D eigenvalue weighted by molar-refractivity contribution is 0.360. The maximum Gasteiger partial charge on any atom is 0.224 e. The van der Waals surface area contributed by atoms with Crippen LogP contribution in [0, 0.1) is 5.92 Å². The summed E-state index contributed by atoms with van der Waals surface area (Å²) >= 11 is 0. The Balaban J connectivity index is 1.37. The van der Waals surface area contributed by atoms with Crippen LogP contribution in [0.3, 0.4) is 0 Å². The van der Waals surface area contributed by atoms with Crippen LogP contribution < -0.4 is 10.2 Å². The first-order chi connectivity index (χ1) is 15.9. The second-order valence-electron chi connectivity index (χ2n) is 9.62. The number of rotatable bonds is 5. The van der Waals surface area contributed by atoms with E-state index in [1.54, 1.807) is 6.20 Å². The van der Waals surface area contributed by atoms with Crippen LogP contribution in [0.2, 0.25) is 0 Å².